The van der Waals surface area contributed by atoms with E-state index < -0.39 is 12.1 Å². The summed E-state index contributed by atoms with van der Waals surface area (Å²) >= 11 is 0. The Labute approximate surface area is 159 Å². The number of hydrogen-bond acceptors (Lipinski definition) is 5. The highest BCUT2D eigenvalue weighted by atomic mass is 16.5. The van der Waals surface area contributed by atoms with Crippen molar-refractivity contribution in [3.63, 3.8) is 0 Å². The van der Waals surface area contributed by atoms with Crippen molar-refractivity contribution in [1.82, 2.24) is 5.32 Å². The van der Waals surface area contributed by atoms with Crippen molar-refractivity contribution in [2.75, 3.05) is 13.7 Å². The number of nitrogens with one attached hydrogen (secondary N) is 1. The summed E-state index contributed by atoms with van der Waals surface area (Å²) in [6.07, 6.45) is -0.916. The third-order valence-electron chi connectivity index (χ3n) is 3.94. The second-order valence-corrected chi connectivity index (χ2v) is 6.05. The van der Waals surface area contributed by atoms with E-state index in [1.807, 2.05) is 38.1 Å². The monoisotopic (exact) mass is 371 g/mol. The molecule has 0 unspecified atom stereocenters. The Hall–Kier alpha value is -3.02. The first-order valence-electron chi connectivity index (χ1n) is 8.79. The van der Waals surface area contributed by atoms with Crippen molar-refractivity contribution in [1.29, 1.82) is 0 Å². The van der Waals surface area contributed by atoms with Gasteiger partial charge in [0.15, 0.2) is 17.6 Å². The molecule has 6 nitrogen and oxygen atoms in total. The molecule has 2 rings (SSSR count). The third kappa shape index (κ3) is 5.74. The van der Waals surface area contributed by atoms with Gasteiger partial charge in [0.25, 0.3) is 5.91 Å². The lowest BCUT2D eigenvalue weighted by atomic mass is 10.1. The summed E-state index contributed by atoms with van der Waals surface area (Å²) in [6, 6.07) is 12.6. The number of methoxy groups -OCH3 is 1. The van der Waals surface area contributed by atoms with E-state index in [1.165, 1.54) is 14.0 Å². The fourth-order valence-electron chi connectivity index (χ4n) is 2.39. The zero-order chi connectivity index (χ0) is 19.8. The fraction of sp³-hybridized carbons (Fsp3) is 0.333. The number of amides is 1. The molecule has 27 heavy (non-hydrogen) atoms. The predicted octanol–water partition coefficient (Wildman–Crippen LogP) is 3.26. The topological polar surface area (TPSA) is 73.9 Å². The summed E-state index contributed by atoms with van der Waals surface area (Å²) in [6.45, 7) is 6.19. The van der Waals surface area contributed by atoms with Crippen LogP contribution in [0.15, 0.2) is 42.5 Å². The summed E-state index contributed by atoms with van der Waals surface area (Å²) in [5, 5.41) is 2.76. The minimum Gasteiger partial charge on any atom is -0.493 e. The van der Waals surface area contributed by atoms with E-state index in [2.05, 4.69) is 5.32 Å². The van der Waals surface area contributed by atoms with Crippen molar-refractivity contribution in [3.8, 4) is 11.5 Å². The lowest BCUT2D eigenvalue weighted by molar-refractivity contribution is -0.129. The zero-order valence-electron chi connectivity index (χ0n) is 16.1. The van der Waals surface area contributed by atoms with Crippen molar-refractivity contribution in [2.24, 2.45) is 0 Å². The van der Waals surface area contributed by atoms with Crippen LogP contribution < -0.4 is 14.8 Å². The number of hydrogen-bond donors (Lipinski definition) is 1. The molecule has 1 amide bonds. The van der Waals surface area contributed by atoms with Gasteiger partial charge < -0.3 is 19.5 Å². The summed E-state index contributed by atoms with van der Waals surface area (Å²) in [5.41, 5.74) is 2.42. The maximum absolute atomic E-state index is 12.3. The molecule has 0 spiro atoms. The van der Waals surface area contributed by atoms with Gasteiger partial charge in [0, 0.05) is 6.54 Å². The molecule has 0 saturated heterocycles. The number of carbonyl (C=O) groups is 2. The van der Waals surface area contributed by atoms with Gasteiger partial charge in [-0.3, -0.25) is 4.79 Å². The molecule has 0 saturated carbocycles. The van der Waals surface area contributed by atoms with Gasteiger partial charge in [0.05, 0.1) is 19.3 Å². The molecule has 2 aromatic rings. The van der Waals surface area contributed by atoms with Gasteiger partial charge in [-0.15, -0.1) is 0 Å². The Morgan fingerprint density at radius 3 is 2.41 bits per heavy atom. The molecule has 6 heteroatoms. The fourth-order valence-corrected chi connectivity index (χ4v) is 2.39. The second kappa shape index (κ2) is 9.62. The van der Waals surface area contributed by atoms with Crippen LogP contribution in [0.5, 0.6) is 11.5 Å². The molecule has 0 radical (unpaired) electrons. The molecule has 1 atom stereocenters. The Morgan fingerprint density at radius 1 is 1.07 bits per heavy atom. The van der Waals surface area contributed by atoms with E-state index in [4.69, 9.17) is 14.2 Å². The Morgan fingerprint density at radius 2 is 1.78 bits per heavy atom. The van der Waals surface area contributed by atoms with Crippen LogP contribution in [0.3, 0.4) is 0 Å². The minimum atomic E-state index is -0.916. The first-order valence-corrected chi connectivity index (χ1v) is 8.79. The van der Waals surface area contributed by atoms with Crippen LogP contribution in [-0.2, 0) is 16.1 Å². The minimum absolute atomic E-state index is 0.289. The van der Waals surface area contributed by atoms with Crippen LogP contribution in [-0.4, -0.2) is 31.7 Å². The Kier molecular flexibility index (Phi) is 7.23. The molecule has 144 valence electrons. The zero-order valence-corrected chi connectivity index (χ0v) is 16.1. The Bertz CT molecular complexity index is 786. The molecule has 0 aliphatic rings. The lowest BCUT2D eigenvalue weighted by Gasteiger charge is -2.15. The van der Waals surface area contributed by atoms with Crippen molar-refractivity contribution in [3.05, 3.63) is 59.2 Å². The normalized spacial score (nSPS) is 11.4. The first-order chi connectivity index (χ1) is 12.9. The van der Waals surface area contributed by atoms with E-state index in [-0.39, 0.29) is 11.5 Å². The number of aryl methyl sites for hydroxylation is 1. The highest BCUT2D eigenvalue weighted by molar-refractivity contribution is 5.92. The molecule has 1 N–H and O–H groups in total. The molecule has 0 aliphatic carbocycles. The molecule has 0 bridgehead atoms. The largest absolute Gasteiger partial charge is 0.493 e. The maximum atomic E-state index is 12.3. The first kappa shape index (κ1) is 20.3. The number of ether oxygens (including phenoxy) is 3. The highest BCUT2D eigenvalue weighted by Crippen LogP contribution is 2.28. The maximum Gasteiger partial charge on any atom is 0.339 e. The molecular weight excluding hydrogens is 346 g/mol. The third-order valence-corrected chi connectivity index (χ3v) is 3.94. The van der Waals surface area contributed by atoms with Crippen LogP contribution in [0.1, 0.15) is 35.3 Å². The molecule has 0 aromatic heterocycles. The van der Waals surface area contributed by atoms with Gasteiger partial charge in [-0.2, -0.15) is 0 Å². The number of rotatable bonds is 8. The average Bonchev–Trinajstić information content (AvgIpc) is 2.67. The SMILES string of the molecule is CCOc1cc(C(=O)O[C@H](C)C(=O)NCc2ccc(C)cc2)ccc1OC. The van der Waals surface area contributed by atoms with Crippen molar-refractivity contribution in [2.45, 2.75) is 33.4 Å². The molecule has 0 fully saturated rings. The standard InChI is InChI=1S/C21H25NO5/c1-5-26-19-12-17(10-11-18(19)25-4)21(24)27-15(3)20(23)22-13-16-8-6-14(2)7-9-16/h6-12,15H,5,13H2,1-4H3,(H,22,23)/t15-/m1/s1. The number of carbonyl (C=O) groups excluding carboxylic acids is 2. The van der Waals surface area contributed by atoms with Crippen molar-refractivity contribution < 1.29 is 23.8 Å². The van der Waals surface area contributed by atoms with Crippen LogP contribution in [0.4, 0.5) is 0 Å². The van der Waals surface area contributed by atoms with Crippen molar-refractivity contribution >= 4 is 11.9 Å². The molecule has 0 heterocycles. The van der Waals surface area contributed by atoms with Crippen LogP contribution >= 0.6 is 0 Å². The van der Waals surface area contributed by atoms with Crippen LogP contribution in [0.2, 0.25) is 0 Å². The predicted molar refractivity (Wildman–Crippen MR) is 102 cm³/mol. The summed E-state index contributed by atoms with van der Waals surface area (Å²) in [5.74, 6) is 0.0160. The average molecular weight is 371 g/mol. The molecule has 2 aromatic carbocycles. The molecule has 0 aliphatic heterocycles. The van der Waals surface area contributed by atoms with E-state index in [0.29, 0.717) is 24.7 Å². The van der Waals surface area contributed by atoms with Crippen LogP contribution in [0, 0.1) is 6.92 Å². The van der Waals surface area contributed by atoms with Gasteiger partial charge in [-0.25, -0.2) is 4.79 Å². The number of esters is 1. The van der Waals surface area contributed by atoms with E-state index >= 15 is 0 Å². The van der Waals surface area contributed by atoms with Gasteiger partial charge in [0.1, 0.15) is 0 Å². The number of benzene rings is 2. The van der Waals surface area contributed by atoms with Gasteiger partial charge >= 0.3 is 5.97 Å². The van der Waals surface area contributed by atoms with Crippen LogP contribution in [0.25, 0.3) is 0 Å². The molecular formula is C21H25NO5. The summed E-state index contributed by atoms with van der Waals surface area (Å²) in [7, 11) is 1.52. The summed E-state index contributed by atoms with van der Waals surface area (Å²) in [4.78, 5) is 24.5. The second-order valence-electron chi connectivity index (χ2n) is 6.05. The van der Waals surface area contributed by atoms with E-state index in [1.54, 1.807) is 18.2 Å². The van der Waals surface area contributed by atoms with Gasteiger partial charge in [-0.05, 0) is 44.5 Å². The van der Waals surface area contributed by atoms with E-state index in [9.17, 15) is 9.59 Å². The summed E-state index contributed by atoms with van der Waals surface area (Å²) < 4.78 is 15.9. The quantitative estimate of drug-likeness (QED) is 0.721. The van der Waals surface area contributed by atoms with E-state index in [0.717, 1.165) is 11.1 Å². The van der Waals surface area contributed by atoms with Gasteiger partial charge in [0.2, 0.25) is 0 Å². The smallest absolute Gasteiger partial charge is 0.339 e. The van der Waals surface area contributed by atoms with Gasteiger partial charge in [-0.1, -0.05) is 29.8 Å². The highest BCUT2D eigenvalue weighted by Gasteiger charge is 2.20. The lowest BCUT2D eigenvalue weighted by Crippen LogP contribution is -2.35. The Balaban J connectivity index is 1.94.